The standard InChI is InChI=1S/C25H20F3N5O/c26-25(27,28)34-23-8-4-18(5-9-23)21-6-10-24-31-33(17-32(24)16-21)13-11-22-7-3-20(15-30-22)19-2-1-12-29-14-19/h1-10,12,14-16H,11,13,17H2. The number of hydrazone groups is 1. The maximum atomic E-state index is 12.4. The molecule has 0 aliphatic carbocycles. The molecule has 2 aromatic heterocycles. The lowest BCUT2D eigenvalue weighted by Gasteiger charge is -2.20. The summed E-state index contributed by atoms with van der Waals surface area (Å²) in [6, 6.07) is 13.8. The van der Waals surface area contributed by atoms with E-state index in [0.29, 0.717) is 13.2 Å². The number of fused-ring (bicyclic) bond motifs is 1. The molecule has 2 aliphatic heterocycles. The van der Waals surface area contributed by atoms with Gasteiger partial charge < -0.3 is 9.64 Å². The van der Waals surface area contributed by atoms with Crippen LogP contribution >= 0.6 is 0 Å². The number of alkyl halides is 3. The van der Waals surface area contributed by atoms with E-state index >= 15 is 0 Å². The van der Waals surface area contributed by atoms with Crippen LogP contribution in [0.3, 0.4) is 0 Å². The van der Waals surface area contributed by atoms with Crippen molar-refractivity contribution >= 4 is 11.4 Å². The molecule has 0 unspecified atom stereocenters. The van der Waals surface area contributed by atoms with Gasteiger partial charge in [-0.15, -0.1) is 13.2 Å². The second-order valence-electron chi connectivity index (χ2n) is 7.82. The topological polar surface area (TPSA) is 53.9 Å². The highest BCUT2D eigenvalue weighted by atomic mass is 19.4. The lowest BCUT2D eigenvalue weighted by Crippen LogP contribution is -2.28. The lowest BCUT2D eigenvalue weighted by molar-refractivity contribution is -0.274. The summed E-state index contributed by atoms with van der Waals surface area (Å²) in [6.45, 7) is 1.30. The Morgan fingerprint density at radius 2 is 1.71 bits per heavy atom. The van der Waals surface area contributed by atoms with Crippen LogP contribution in [0.4, 0.5) is 13.2 Å². The average Bonchev–Trinajstić information content (AvgIpc) is 3.25. The van der Waals surface area contributed by atoms with Crippen molar-refractivity contribution in [2.45, 2.75) is 12.8 Å². The number of aromatic nitrogens is 2. The van der Waals surface area contributed by atoms with Gasteiger partial charge in [0.05, 0.1) is 0 Å². The van der Waals surface area contributed by atoms with Crippen LogP contribution in [0.15, 0.2) is 90.6 Å². The largest absolute Gasteiger partial charge is 0.573 e. The molecule has 9 heteroatoms. The first-order valence-electron chi connectivity index (χ1n) is 10.6. The molecule has 0 radical (unpaired) electrons. The summed E-state index contributed by atoms with van der Waals surface area (Å²) in [7, 11) is 0. The molecule has 5 rings (SSSR count). The van der Waals surface area contributed by atoms with Gasteiger partial charge in [-0.1, -0.05) is 24.3 Å². The molecule has 3 aromatic rings. The third-order valence-corrected chi connectivity index (χ3v) is 5.43. The second-order valence-corrected chi connectivity index (χ2v) is 7.82. The number of allylic oxidation sites excluding steroid dienone is 2. The Hall–Kier alpha value is -4.14. The molecule has 0 saturated carbocycles. The van der Waals surface area contributed by atoms with Gasteiger partial charge in [0.15, 0.2) is 5.84 Å². The Labute approximate surface area is 194 Å². The smallest absolute Gasteiger partial charge is 0.406 e. The van der Waals surface area contributed by atoms with Crippen molar-refractivity contribution in [3.63, 3.8) is 0 Å². The van der Waals surface area contributed by atoms with Crippen molar-refractivity contribution in [3.05, 3.63) is 96.7 Å². The third-order valence-electron chi connectivity index (χ3n) is 5.43. The van der Waals surface area contributed by atoms with Crippen LogP contribution in [0.25, 0.3) is 16.7 Å². The van der Waals surface area contributed by atoms with Gasteiger partial charge in [-0.05, 0) is 47.6 Å². The van der Waals surface area contributed by atoms with Gasteiger partial charge in [-0.2, -0.15) is 5.10 Å². The van der Waals surface area contributed by atoms with Crippen LogP contribution in [0.2, 0.25) is 0 Å². The second kappa shape index (κ2) is 9.01. The monoisotopic (exact) mass is 463 g/mol. The molecular formula is C25H20F3N5O. The molecule has 0 fully saturated rings. The predicted octanol–water partition coefficient (Wildman–Crippen LogP) is 5.08. The van der Waals surface area contributed by atoms with Crippen molar-refractivity contribution in [2.75, 3.05) is 13.2 Å². The Balaban J connectivity index is 1.18. The Morgan fingerprint density at radius 3 is 2.41 bits per heavy atom. The molecule has 2 aliphatic rings. The minimum atomic E-state index is -4.70. The molecule has 0 spiro atoms. The number of amidine groups is 1. The summed E-state index contributed by atoms with van der Waals surface area (Å²) >= 11 is 0. The van der Waals surface area contributed by atoms with E-state index in [1.165, 1.54) is 12.1 Å². The highest BCUT2D eigenvalue weighted by Gasteiger charge is 2.31. The maximum Gasteiger partial charge on any atom is 0.573 e. The molecule has 0 amide bonds. The summed E-state index contributed by atoms with van der Waals surface area (Å²) < 4.78 is 41.0. The van der Waals surface area contributed by atoms with Crippen LogP contribution in [0.1, 0.15) is 11.3 Å². The number of pyridine rings is 2. The number of ether oxygens (including phenoxy) is 1. The number of nitrogens with zero attached hydrogens (tertiary/aromatic N) is 5. The lowest BCUT2D eigenvalue weighted by atomic mass is 10.0. The fraction of sp³-hybridized carbons (Fsp3) is 0.160. The number of benzene rings is 1. The van der Waals surface area contributed by atoms with E-state index < -0.39 is 6.36 Å². The molecule has 4 heterocycles. The first kappa shape index (κ1) is 21.7. The Kier molecular flexibility index (Phi) is 5.75. The van der Waals surface area contributed by atoms with Crippen LogP contribution in [0, 0.1) is 0 Å². The van der Waals surface area contributed by atoms with Crippen LogP contribution < -0.4 is 4.74 Å². The minimum Gasteiger partial charge on any atom is -0.406 e. The SMILES string of the molecule is FC(F)(F)Oc1ccc(C2=CN3CN(CCc4ccc(-c5cccnc5)cn4)N=C3C=C2)cc1. The van der Waals surface area contributed by atoms with E-state index in [1.807, 2.05) is 64.9 Å². The molecule has 172 valence electrons. The van der Waals surface area contributed by atoms with E-state index in [9.17, 15) is 13.2 Å². The molecule has 0 atom stereocenters. The number of hydrogen-bond acceptors (Lipinski definition) is 6. The van der Waals surface area contributed by atoms with Gasteiger partial charge in [0.1, 0.15) is 12.4 Å². The van der Waals surface area contributed by atoms with Crippen molar-refractivity contribution in [2.24, 2.45) is 5.10 Å². The summed E-state index contributed by atoms with van der Waals surface area (Å²) in [5.41, 5.74) is 4.70. The molecule has 6 nitrogen and oxygen atoms in total. The van der Waals surface area contributed by atoms with E-state index in [2.05, 4.69) is 19.8 Å². The van der Waals surface area contributed by atoms with E-state index in [0.717, 1.165) is 40.2 Å². The molecule has 0 N–H and O–H groups in total. The van der Waals surface area contributed by atoms with Crippen LogP contribution in [0.5, 0.6) is 5.75 Å². The summed E-state index contributed by atoms with van der Waals surface area (Å²) in [6.07, 6.45) is 7.20. The molecule has 1 aromatic carbocycles. The minimum absolute atomic E-state index is 0.242. The molecular weight excluding hydrogens is 443 g/mol. The van der Waals surface area contributed by atoms with Crippen molar-refractivity contribution in [1.29, 1.82) is 0 Å². The van der Waals surface area contributed by atoms with Gasteiger partial charge in [0.2, 0.25) is 0 Å². The summed E-state index contributed by atoms with van der Waals surface area (Å²) in [5, 5.41) is 6.60. The quantitative estimate of drug-likeness (QED) is 0.510. The van der Waals surface area contributed by atoms with Gasteiger partial charge in [-0.3, -0.25) is 15.0 Å². The van der Waals surface area contributed by atoms with E-state index in [1.54, 1.807) is 18.3 Å². The molecule has 34 heavy (non-hydrogen) atoms. The van der Waals surface area contributed by atoms with Crippen molar-refractivity contribution in [1.82, 2.24) is 19.9 Å². The fourth-order valence-electron chi connectivity index (χ4n) is 3.75. The highest BCUT2D eigenvalue weighted by molar-refractivity contribution is 6.00. The number of halogens is 3. The van der Waals surface area contributed by atoms with Gasteiger partial charge in [-0.25, -0.2) is 0 Å². The zero-order valence-corrected chi connectivity index (χ0v) is 18.0. The fourth-order valence-corrected chi connectivity index (χ4v) is 3.75. The van der Waals surface area contributed by atoms with Crippen molar-refractivity contribution in [3.8, 4) is 16.9 Å². The molecule has 0 bridgehead atoms. The van der Waals surface area contributed by atoms with E-state index in [-0.39, 0.29) is 5.75 Å². The normalized spacial score (nSPS) is 15.1. The summed E-state index contributed by atoms with van der Waals surface area (Å²) in [5.74, 6) is 0.578. The summed E-state index contributed by atoms with van der Waals surface area (Å²) in [4.78, 5) is 10.7. The van der Waals surface area contributed by atoms with Crippen molar-refractivity contribution < 1.29 is 17.9 Å². The Morgan fingerprint density at radius 1 is 0.912 bits per heavy atom. The van der Waals surface area contributed by atoms with Crippen LogP contribution in [-0.4, -0.2) is 45.3 Å². The zero-order valence-electron chi connectivity index (χ0n) is 18.0. The van der Waals surface area contributed by atoms with Crippen LogP contribution in [-0.2, 0) is 6.42 Å². The van der Waals surface area contributed by atoms with Gasteiger partial charge >= 0.3 is 6.36 Å². The van der Waals surface area contributed by atoms with Gasteiger partial charge in [0, 0.05) is 54.6 Å². The number of hydrogen-bond donors (Lipinski definition) is 0. The van der Waals surface area contributed by atoms with Gasteiger partial charge in [0.25, 0.3) is 0 Å². The highest BCUT2D eigenvalue weighted by Crippen LogP contribution is 2.28. The predicted molar refractivity (Wildman–Crippen MR) is 122 cm³/mol. The zero-order chi connectivity index (χ0) is 23.5. The first-order valence-corrected chi connectivity index (χ1v) is 10.6. The maximum absolute atomic E-state index is 12.4. The van der Waals surface area contributed by atoms with E-state index in [4.69, 9.17) is 0 Å². The number of rotatable bonds is 6. The first-order chi connectivity index (χ1) is 16.4. The average molecular weight is 463 g/mol. The molecule has 0 saturated heterocycles. The Bertz CT molecular complexity index is 1240. The third kappa shape index (κ3) is 5.09.